The Bertz CT molecular complexity index is 3010. The van der Waals surface area contributed by atoms with Crippen LogP contribution in [0, 0.1) is 27.7 Å². The summed E-state index contributed by atoms with van der Waals surface area (Å²) in [7, 11) is -4.45. The van der Waals surface area contributed by atoms with Crippen molar-refractivity contribution in [1.29, 1.82) is 0 Å². The molecule has 7 aromatic rings. The summed E-state index contributed by atoms with van der Waals surface area (Å²) in [5.74, 6) is -0.0161. The van der Waals surface area contributed by atoms with E-state index in [9.17, 15) is 22.9 Å². The van der Waals surface area contributed by atoms with Crippen LogP contribution in [0.4, 0.5) is 56.9 Å². The molecule has 1 amide bonds. The Kier molecular flexibility index (Phi) is 11.8. The fraction of sp³-hybridized carbons (Fsp3) is 0.0889. The molecule has 15 heteroatoms. The molecule has 7 rings (SSSR count). The molecule has 0 spiro atoms. The smallest absolute Gasteiger partial charge is 0.296 e. The van der Waals surface area contributed by atoms with E-state index in [1.807, 2.05) is 94.4 Å². The lowest BCUT2D eigenvalue weighted by molar-refractivity contribution is -0.106. The highest BCUT2D eigenvalue weighted by Gasteiger charge is 2.15. The number of hydrogen-bond acceptors (Lipinski definition) is 12. The van der Waals surface area contributed by atoms with Crippen molar-refractivity contribution in [3.63, 3.8) is 0 Å². The van der Waals surface area contributed by atoms with Gasteiger partial charge in [-0.25, -0.2) is 0 Å². The number of carbonyl (C=O) groups is 1. The van der Waals surface area contributed by atoms with Gasteiger partial charge in [0.25, 0.3) is 10.1 Å². The molecule has 0 aliphatic heterocycles. The molecule has 60 heavy (non-hydrogen) atoms. The van der Waals surface area contributed by atoms with E-state index in [0.29, 0.717) is 50.9 Å². The Morgan fingerprint density at radius 1 is 0.483 bits per heavy atom. The third-order valence-electron chi connectivity index (χ3n) is 9.47. The first kappa shape index (κ1) is 40.6. The van der Waals surface area contributed by atoms with Gasteiger partial charge in [-0.2, -0.15) is 39.1 Å². The molecule has 0 unspecified atom stereocenters. The maximum Gasteiger partial charge on any atom is 0.296 e. The largest absolute Gasteiger partial charge is 0.505 e. The molecule has 0 fully saturated rings. The minimum absolute atomic E-state index is 0.0161. The van der Waals surface area contributed by atoms with Crippen LogP contribution in [0.3, 0.4) is 0 Å². The number of aromatic hydroxyl groups is 1. The molecule has 0 aromatic heterocycles. The number of phenols is 1. The van der Waals surface area contributed by atoms with Gasteiger partial charge in [-0.15, -0.1) is 10.2 Å². The van der Waals surface area contributed by atoms with Gasteiger partial charge in [-0.1, -0.05) is 36.4 Å². The minimum Gasteiger partial charge on any atom is -0.505 e. The molecule has 0 aliphatic carbocycles. The van der Waals surface area contributed by atoms with Crippen LogP contribution >= 0.6 is 0 Å². The normalized spacial score (nSPS) is 12.1. The molecule has 0 saturated heterocycles. The van der Waals surface area contributed by atoms with E-state index < -0.39 is 10.1 Å². The topological polar surface area (TPSA) is 194 Å². The van der Waals surface area contributed by atoms with Crippen LogP contribution in [0.5, 0.6) is 5.75 Å². The van der Waals surface area contributed by atoms with E-state index >= 15 is 0 Å². The van der Waals surface area contributed by atoms with E-state index in [2.05, 4.69) is 40.9 Å². The summed E-state index contributed by atoms with van der Waals surface area (Å²) in [5.41, 5.74) is 8.60. The number of nitrogens with zero attached hydrogens (tertiary/aromatic N) is 9. The molecular weight excluding hydrogens is 779 g/mol. The molecule has 298 valence electrons. The standard InChI is InChI=1S/C45H37N9O5S/c1-28-22-34(15-20-38(28)48-46-33-16-21-39(29(2)23-33)49-50-40-12-8-9-13-44(40)60(57,58)59)47-52-42-24-31(4)43(25-30(42)3)53-51-41-19-14-32-26-36(17-18-37(32)45(41)56)54(27-55)35-10-6-5-7-11-35/h5-27,56H,1-4H3,(H,57,58,59). The fourth-order valence-corrected chi connectivity index (χ4v) is 6.83. The molecule has 14 nitrogen and oxygen atoms in total. The number of anilines is 2. The van der Waals surface area contributed by atoms with E-state index in [1.54, 1.807) is 48.5 Å². The first-order valence-corrected chi connectivity index (χ1v) is 19.9. The Morgan fingerprint density at radius 2 is 0.983 bits per heavy atom. The zero-order valence-corrected chi connectivity index (χ0v) is 33.6. The SMILES string of the molecule is Cc1cc(N=Nc2cc(C)c(N=Nc3ccc4cc(N(C=O)c5ccccc5)ccc4c3O)cc2C)ccc1N=Nc1ccc(N=Nc2ccccc2S(=O)(=O)O)c(C)c1. The maximum absolute atomic E-state index is 11.9. The Labute approximate surface area is 345 Å². The number of amides is 1. The summed E-state index contributed by atoms with van der Waals surface area (Å²) in [5, 5.41) is 47.2. The number of carbonyl (C=O) groups excluding carboxylic acids is 1. The molecule has 0 aliphatic rings. The molecule has 0 radical (unpaired) electrons. The number of fused-ring (bicyclic) bond motifs is 1. The van der Waals surface area contributed by atoms with Crippen molar-refractivity contribution in [3.05, 3.63) is 156 Å². The molecular formula is C45H37N9O5S. The first-order valence-electron chi connectivity index (χ1n) is 18.5. The van der Waals surface area contributed by atoms with Crippen molar-refractivity contribution >= 4 is 84.2 Å². The van der Waals surface area contributed by atoms with E-state index in [-0.39, 0.29) is 16.3 Å². The zero-order valence-electron chi connectivity index (χ0n) is 32.8. The molecule has 0 bridgehead atoms. The number of phenolic OH excluding ortho intramolecular Hbond substituents is 1. The van der Waals surface area contributed by atoms with Crippen LogP contribution in [-0.4, -0.2) is 24.5 Å². The van der Waals surface area contributed by atoms with Crippen LogP contribution in [-0.2, 0) is 14.9 Å². The van der Waals surface area contributed by atoms with Gasteiger partial charge in [0.2, 0.25) is 6.41 Å². The number of azo groups is 4. The highest BCUT2D eigenvalue weighted by atomic mass is 32.2. The number of aryl methyl sites for hydroxylation is 4. The van der Waals surface area contributed by atoms with Crippen LogP contribution in [0.2, 0.25) is 0 Å². The summed E-state index contributed by atoms with van der Waals surface area (Å²) in [6, 6.07) is 38.4. The highest BCUT2D eigenvalue weighted by Crippen LogP contribution is 2.39. The van der Waals surface area contributed by atoms with Crippen molar-refractivity contribution in [2.45, 2.75) is 32.6 Å². The number of hydrogen-bond donors (Lipinski definition) is 2. The van der Waals surface area contributed by atoms with Crippen LogP contribution < -0.4 is 4.90 Å². The van der Waals surface area contributed by atoms with Gasteiger partial charge in [-0.3, -0.25) is 14.2 Å². The van der Waals surface area contributed by atoms with Gasteiger partial charge < -0.3 is 5.11 Å². The highest BCUT2D eigenvalue weighted by molar-refractivity contribution is 7.86. The monoisotopic (exact) mass is 815 g/mol. The van der Waals surface area contributed by atoms with E-state index in [4.69, 9.17) is 0 Å². The van der Waals surface area contributed by atoms with Crippen molar-refractivity contribution < 1.29 is 22.9 Å². The lowest BCUT2D eigenvalue weighted by Crippen LogP contribution is -2.13. The van der Waals surface area contributed by atoms with Gasteiger partial charge in [-0.05, 0) is 152 Å². The van der Waals surface area contributed by atoms with Crippen molar-refractivity contribution in [3.8, 4) is 5.75 Å². The number of rotatable bonds is 12. The summed E-state index contributed by atoms with van der Waals surface area (Å²) >= 11 is 0. The second kappa shape index (κ2) is 17.5. The average molecular weight is 816 g/mol. The van der Waals surface area contributed by atoms with Crippen molar-refractivity contribution in [2.75, 3.05) is 4.90 Å². The predicted molar refractivity (Wildman–Crippen MR) is 231 cm³/mol. The lowest BCUT2D eigenvalue weighted by Gasteiger charge is -2.18. The number of benzene rings is 7. The lowest BCUT2D eigenvalue weighted by atomic mass is 10.1. The second-order valence-corrected chi connectivity index (χ2v) is 15.1. The van der Waals surface area contributed by atoms with Gasteiger partial charge in [0.05, 0.1) is 34.1 Å². The minimum atomic E-state index is -4.45. The third kappa shape index (κ3) is 9.23. The van der Waals surface area contributed by atoms with E-state index in [1.165, 1.54) is 23.1 Å². The van der Waals surface area contributed by atoms with Gasteiger partial charge >= 0.3 is 0 Å². The number of para-hydroxylation sites is 1. The Morgan fingerprint density at radius 3 is 1.58 bits per heavy atom. The second-order valence-electron chi connectivity index (χ2n) is 13.8. The van der Waals surface area contributed by atoms with Crippen molar-refractivity contribution in [1.82, 2.24) is 0 Å². The molecule has 2 N–H and O–H groups in total. The predicted octanol–water partition coefficient (Wildman–Crippen LogP) is 14.0. The summed E-state index contributed by atoms with van der Waals surface area (Å²) in [6.07, 6.45) is 0.760. The summed E-state index contributed by atoms with van der Waals surface area (Å²) < 4.78 is 32.8. The third-order valence-corrected chi connectivity index (χ3v) is 10.4. The van der Waals surface area contributed by atoms with Crippen LogP contribution in [0.15, 0.2) is 179 Å². The van der Waals surface area contributed by atoms with Gasteiger partial charge in [0.1, 0.15) is 16.3 Å². The fourth-order valence-electron chi connectivity index (χ4n) is 6.21. The van der Waals surface area contributed by atoms with E-state index in [0.717, 1.165) is 39.7 Å². The average Bonchev–Trinajstić information content (AvgIpc) is 3.23. The summed E-state index contributed by atoms with van der Waals surface area (Å²) in [6.45, 7) is 7.53. The Balaban J connectivity index is 1.01. The quantitative estimate of drug-likeness (QED) is 0.0702. The molecule has 7 aromatic carbocycles. The zero-order chi connectivity index (χ0) is 42.4. The maximum atomic E-state index is 11.9. The first-order chi connectivity index (χ1) is 28.9. The summed E-state index contributed by atoms with van der Waals surface area (Å²) in [4.78, 5) is 13.1. The van der Waals surface area contributed by atoms with Crippen molar-refractivity contribution in [2.24, 2.45) is 40.9 Å². The molecule has 0 atom stereocenters. The molecule has 0 heterocycles. The van der Waals surface area contributed by atoms with Crippen LogP contribution in [0.25, 0.3) is 10.8 Å². The van der Waals surface area contributed by atoms with Gasteiger partial charge in [0, 0.05) is 16.8 Å². The Hall–Kier alpha value is -7.62. The molecule has 0 saturated carbocycles. The van der Waals surface area contributed by atoms with Gasteiger partial charge in [0.15, 0.2) is 5.75 Å². The van der Waals surface area contributed by atoms with Crippen LogP contribution in [0.1, 0.15) is 22.3 Å².